The van der Waals surface area contributed by atoms with Crippen molar-refractivity contribution in [1.29, 1.82) is 0 Å². The van der Waals surface area contributed by atoms with Crippen LogP contribution in [0.15, 0.2) is 51.7 Å². The number of unbranched alkanes of at least 4 members (excludes halogenated alkanes) is 1. The van der Waals surface area contributed by atoms with E-state index in [1.165, 1.54) is 0 Å². The SMILES string of the molecule is CCCCOc1c(-c2ccc(OC)cc2)oc2cc(OC)ccc2c1=O. The lowest BCUT2D eigenvalue weighted by Crippen LogP contribution is -2.11. The predicted molar refractivity (Wildman–Crippen MR) is 101 cm³/mol. The second-order valence-electron chi connectivity index (χ2n) is 5.88. The molecule has 5 nitrogen and oxygen atoms in total. The molecule has 1 aromatic heterocycles. The van der Waals surface area contributed by atoms with E-state index in [0.29, 0.717) is 29.1 Å². The summed E-state index contributed by atoms with van der Waals surface area (Å²) >= 11 is 0. The normalized spacial score (nSPS) is 10.7. The van der Waals surface area contributed by atoms with Crippen LogP contribution in [0, 0.1) is 0 Å². The molecular formula is C21H22O5. The average molecular weight is 354 g/mol. The second kappa shape index (κ2) is 7.95. The van der Waals surface area contributed by atoms with E-state index in [1.807, 2.05) is 24.3 Å². The van der Waals surface area contributed by atoms with E-state index in [0.717, 1.165) is 24.2 Å². The van der Waals surface area contributed by atoms with E-state index in [9.17, 15) is 4.79 Å². The molecule has 1 heterocycles. The molecule has 0 aliphatic rings. The molecule has 0 fully saturated rings. The van der Waals surface area contributed by atoms with Crippen LogP contribution in [0.2, 0.25) is 0 Å². The first-order chi connectivity index (χ1) is 12.7. The van der Waals surface area contributed by atoms with Crippen LogP contribution in [0.4, 0.5) is 0 Å². The van der Waals surface area contributed by atoms with Gasteiger partial charge in [0.15, 0.2) is 5.76 Å². The Kier molecular flexibility index (Phi) is 5.46. The Morgan fingerprint density at radius 3 is 2.31 bits per heavy atom. The Balaban J connectivity index is 2.18. The summed E-state index contributed by atoms with van der Waals surface area (Å²) in [6, 6.07) is 12.5. The molecule has 5 heteroatoms. The van der Waals surface area contributed by atoms with Gasteiger partial charge in [0.25, 0.3) is 0 Å². The molecule has 0 unspecified atom stereocenters. The number of ether oxygens (including phenoxy) is 3. The first-order valence-electron chi connectivity index (χ1n) is 8.60. The van der Waals surface area contributed by atoms with Gasteiger partial charge in [-0.3, -0.25) is 4.79 Å². The largest absolute Gasteiger partial charge is 0.497 e. The maximum Gasteiger partial charge on any atom is 0.235 e. The van der Waals surface area contributed by atoms with E-state index in [2.05, 4.69) is 6.92 Å². The number of benzene rings is 2. The Bertz CT molecular complexity index is 941. The first-order valence-corrected chi connectivity index (χ1v) is 8.60. The third kappa shape index (κ3) is 3.52. The molecule has 26 heavy (non-hydrogen) atoms. The van der Waals surface area contributed by atoms with Gasteiger partial charge in [0.2, 0.25) is 11.2 Å². The van der Waals surface area contributed by atoms with Crippen LogP contribution in [0.1, 0.15) is 19.8 Å². The molecule has 2 aromatic carbocycles. The smallest absolute Gasteiger partial charge is 0.235 e. The van der Waals surface area contributed by atoms with Crippen LogP contribution >= 0.6 is 0 Å². The summed E-state index contributed by atoms with van der Waals surface area (Å²) in [7, 11) is 3.18. The van der Waals surface area contributed by atoms with Gasteiger partial charge < -0.3 is 18.6 Å². The van der Waals surface area contributed by atoms with Gasteiger partial charge in [-0.1, -0.05) is 13.3 Å². The fourth-order valence-electron chi connectivity index (χ4n) is 2.67. The van der Waals surface area contributed by atoms with Gasteiger partial charge in [-0.25, -0.2) is 0 Å². The van der Waals surface area contributed by atoms with Gasteiger partial charge in [-0.05, 0) is 42.8 Å². The lowest BCUT2D eigenvalue weighted by molar-refractivity contribution is 0.301. The maximum atomic E-state index is 13.0. The highest BCUT2D eigenvalue weighted by Gasteiger charge is 2.18. The highest BCUT2D eigenvalue weighted by atomic mass is 16.5. The molecule has 0 aliphatic carbocycles. The zero-order chi connectivity index (χ0) is 18.5. The third-order valence-electron chi connectivity index (χ3n) is 4.15. The molecule has 0 N–H and O–H groups in total. The van der Waals surface area contributed by atoms with E-state index >= 15 is 0 Å². The first kappa shape index (κ1) is 17.9. The fraction of sp³-hybridized carbons (Fsp3) is 0.286. The summed E-state index contributed by atoms with van der Waals surface area (Å²) in [6.07, 6.45) is 1.84. The molecule has 3 aromatic rings. The van der Waals surface area contributed by atoms with Crippen LogP contribution < -0.4 is 19.6 Å². The molecule has 0 atom stereocenters. The molecule has 0 aliphatic heterocycles. The molecule has 3 rings (SSSR count). The predicted octanol–water partition coefficient (Wildman–Crippen LogP) is 4.66. The Morgan fingerprint density at radius 2 is 1.65 bits per heavy atom. The maximum absolute atomic E-state index is 13.0. The van der Waals surface area contributed by atoms with Crippen molar-refractivity contribution in [2.24, 2.45) is 0 Å². The van der Waals surface area contributed by atoms with Gasteiger partial charge >= 0.3 is 0 Å². The van der Waals surface area contributed by atoms with E-state index in [-0.39, 0.29) is 11.2 Å². The lowest BCUT2D eigenvalue weighted by Gasteiger charge is -2.12. The summed E-state index contributed by atoms with van der Waals surface area (Å²) in [4.78, 5) is 13.0. The zero-order valence-electron chi connectivity index (χ0n) is 15.2. The number of fused-ring (bicyclic) bond motifs is 1. The molecule has 0 amide bonds. The fourth-order valence-corrected chi connectivity index (χ4v) is 2.67. The van der Waals surface area contributed by atoms with E-state index in [4.69, 9.17) is 18.6 Å². The third-order valence-corrected chi connectivity index (χ3v) is 4.15. The minimum Gasteiger partial charge on any atom is -0.497 e. The standard InChI is InChI=1S/C21H22O5/c1-4-5-12-25-21-19(22)17-11-10-16(24-3)13-18(17)26-20(21)14-6-8-15(23-2)9-7-14/h6-11,13H,4-5,12H2,1-3H3. The van der Waals surface area contributed by atoms with Crippen LogP contribution in [0.5, 0.6) is 17.2 Å². The van der Waals surface area contributed by atoms with Crippen molar-refractivity contribution < 1.29 is 18.6 Å². The van der Waals surface area contributed by atoms with Crippen LogP contribution in [-0.2, 0) is 0 Å². The molecule has 0 bridgehead atoms. The van der Waals surface area contributed by atoms with E-state index < -0.39 is 0 Å². The minimum absolute atomic E-state index is 0.184. The van der Waals surface area contributed by atoms with Crippen molar-refractivity contribution >= 4 is 11.0 Å². The summed E-state index contributed by atoms with van der Waals surface area (Å²) < 4.78 is 22.3. The average Bonchev–Trinajstić information content (AvgIpc) is 2.69. The Labute approximate surface area is 152 Å². The highest BCUT2D eigenvalue weighted by molar-refractivity contribution is 5.83. The number of hydrogen-bond acceptors (Lipinski definition) is 5. The van der Waals surface area contributed by atoms with Crippen molar-refractivity contribution in [3.05, 3.63) is 52.7 Å². The van der Waals surface area contributed by atoms with Gasteiger partial charge in [-0.2, -0.15) is 0 Å². The van der Waals surface area contributed by atoms with Crippen LogP contribution in [0.25, 0.3) is 22.3 Å². The quantitative estimate of drug-likeness (QED) is 0.578. The van der Waals surface area contributed by atoms with Crippen molar-refractivity contribution in [3.8, 4) is 28.6 Å². The molecular weight excluding hydrogens is 332 g/mol. The second-order valence-corrected chi connectivity index (χ2v) is 5.88. The van der Waals surface area contributed by atoms with Crippen molar-refractivity contribution in [2.45, 2.75) is 19.8 Å². The summed E-state index contributed by atoms with van der Waals surface area (Å²) in [5.41, 5.74) is 1.03. The molecule has 136 valence electrons. The van der Waals surface area contributed by atoms with E-state index in [1.54, 1.807) is 32.4 Å². The lowest BCUT2D eigenvalue weighted by atomic mass is 10.1. The highest BCUT2D eigenvalue weighted by Crippen LogP contribution is 2.33. The molecule has 0 radical (unpaired) electrons. The number of rotatable bonds is 7. The zero-order valence-corrected chi connectivity index (χ0v) is 15.2. The Morgan fingerprint density at radius 1 is 0.962 bits per heavy atom. The van der Waals surface area contributed by atoms with Crippen LogP contribution in [-0.4, -0.2) is 20.8 Å². The summed E-state index contributed by atoms with van der Waals surface area (Å²) in [6.45, 7) is 2.54. The Hall–Kier alpha value is -2.95. The van der Waals surface area contributed by atoms with Gasteiger partial charge in [0, 0.05) is 11.6 Å². The number of hydrogen-bond donors (Lipinski definition) is 0. The molecule has 0 saturated heterocycles. The minimum atomic E-state index is -0.184. The van der Waals surface area contributed by atoms with Crippen molar-refractivity contribution in [1.82, 2.24) is 0 Å². The van der Waals surface area contributed by atoms with Gasteiger partial charge in [0.05, 0.1) is 26.2 Å². The van der Waals surface area contributed by atoms with Crippen molar-refractivity contribution in [2.75, 3.05) is 20.8 Å². The summed E-state index contributed by atoms with van der Waals surface area (Å²) in [5, 5.41) is 0.467. The summed E-state index contributed by atoms with van der Waals surface area (Å²) in [5.74, 6) is 2.00. The molecule has 0 saturated carbocycles. The topological polar surface area (TPSA) is 57.9 Å². The number of methoxy groups -OCH3 is 2. The van der Waals surface area contributed by atoms with Crippen LogP contribution in [0.3, 0.4) is 0 Å². The van der Waals surface area contributed by atoms with Crippen molar-refractivity contribution in [3.63, 3.8) is 0 Å². The monoisotopic (exact) mass is 354 g/mol. The van der Waals surface area contributed by atoms with Gasteiger partial charge in [-0.15, -0.1) is 0 Å². The van der Waals surface area contributed by atoms with Gasteiger partial charge in [0.1, 0.15) is 17.1 Å². The molecule has 0 spiro atoms.